The summed E-state index contributed by atoms with van der Waals surface area (Å²) in [6.07, 6.45) is 0. The molecule has 3 aromatic carbocycles. The van der Waals surface area contributed by atoms with Gasteiger partial charge in [-0.05, 0) is 55.0 Å². The molecule has 1 N–H and O–H groups in total. The first-order chi connectivity index (χ1) is 15.3. The summed E-state index contributed by atoms with van der Waals surface area (Å²) < 4.78 is 1.53. The first-order valence-electron chi connectivity index (χ1n) is 9.38. The summed E-state index contributed by atoms with van der Waals surface area (Å²) in [5.41, 5.74) is 2.23. The minimum Gasteiger partial charge on any atom is -0.319 e. The molecule has 0 atom stereocenters. The van der Waals surface area contributed by atoms with E-state index < -0.39 is 10.8 Å². The number of nitro groups is 1. The van der Waals surface area contributed by atoms with Gasteiger partial charge in [-0.3, -0.25) is 14.9 Å². The van der Waals surface area contributed by atoms with Gasteiger partial charge in [0.05, 0.1) is 10.6 Å². The van der Waals surface area contributed by atoms with Gasteiger partial charge in [-0.2, -0.15) is 0 Å². The highest BCUT2D eigenvalue weighted by Crippen LogP contribution is 2.28. The highest BCUT2D eigenvalue weighted by atomic mass is 35.5. The highest BCUT2D eigenvalue weighted by molar-refractivity contribution is 6.31. The molecule has 1 heterocycles. The van der Waals surface area contributed by atoms with Gasteiger partial charge in [-0.1, -0.05) is 35.3 Å². The smallest absolute Gasteiger partial charge is 0.295 e. The van der Waals surface area contributed by atoms with Gasteiger partial charge in [0.1, 0.15) is 0 Å². The van der Waals surface area contributed by atoms with Crippen LogP contribution in [0, 0.1) is 17.0 Å². The zero-order valence-corrected chi connectivity index (χ0v) is 18.1. The maximum Gasteiger partial charge on any atom is 0.295 e. The van der Waals surface area contributed by atoms with Gasteiger partial charge in [-0.25, -0.2) is 9.67 Å². The van der Waals surface area contributed by atoms with Crippen LogP contribution in [0.2, 0.25) is 10.0 Å². The molecule has 1 amide bonds. The third kappa shape index (κ3) is 4.32. The van der Waals surface area contributed by atoms with Gasteiger partial charge in [0.2, 0.25) is 5.82 Å². The molecule has 0 aliphatic rings. The lowest BCUT2D eigenvalue weighted by Crippen LogP contribution is -2.14. The monoisotopic (exact) mass is 467 g/mol. The van der Waals surface area contributed by atoms with Crippen molar-refractivity contribution in [2.75, 3.05) is 5.32 Å². The largest absolute Gasteiger partial charge is 0.319 e. The first kappa shape index (κ1) is 21.5. The van der Waals surface area contributed by atoms with Gasteiger partial charge in [0.15, 0.2) is 5.82 Å². The van der Waals surface area contributed by atoms with Crippen molar-refractivity contribution in [3.05, 3.63) is 98.3 Å². The van der Waals surface area contributed by atoms with Crippen molar-refractivity contribution >= 4 is 40.5 Å². The average molecular weight is 468 g/mol. The van der Waals surface area contributed by atoms with Crippen LogP contribution in [0.1, 0.15) is 16.2 Å². The normalized spacial score (nSPS) is 10.7. The number of rotatable bonds is 5. The molecule has 0 aliphatic carbocycles. The molecule has 0 fully saturated rings. The number of hydrogen-bond acceptors (Lipinski definition) is 5. The standard InChI is InChI=1S/C22H15Cl2N5O3/c1-13-18(24)6-3-7-19(13)28-21(14-8-10-15(23)11-9-14)26-20(27-28)22(30)25-16-4-2-5-17(12-16)29(31)32/h2-12H,1H3,(H,25,30). The Kier molecular flexibility index (Phi) is 5.89. The fraction of sp³-hybridized carbons (Fsp3) is 0.0455. The second kappa shape index (κ2) is 8.78. The molecule has 4 rings (SSSR count). The fourth-order valence-electron chi connectivity index (χ4n) is 3.07. The van der Waals surface area contributed by atoms with Crippen LogP contribution in [0.5, 0.6) is 0 Å². The summed E-state index contributed by atoms with van der Waals surface area (Å²) in [6, 6.07) is 17.9. The molecule has 1 aromatic heterocycles. The van der Waals surface area contributed by atoms with E-state index in [2.05, 4.69) is 15.4 Å². The molecule has 0 bridgehead atoms. The van der Waals surface area contributed by atoms with E-state index in [9.17, 15) is 14.9 Å². The van der Waals surface area contributed by atoms with Crippen molar-refractivity contribution < 1.29 is 9.72 Å². The lowest BCUT2D eigenvalue weighted by Gasteiger charge is -2.10. The quantitative estimate of drug-likeness (QED) is 0.299. The summed E-state index contributed by atoms with van der Waals surface area (Å²) >= 11 is 12.3. The van der Waals surface area contributed by atoms with Gasteiger partial charge in [-0.15, -0.1) is 5.10 Å². The van der Waals surface area contributed by atoms with Gasteiger partial charge >= 0.3 is 0 Å². The molecule has 0 spiro atoms. The minimum absolute atomic E-state index is 0.110. The molecule has 0 aliphatic heterocycles. The summed E-state index contributed by atoms with van der Waals surface area (Å²) in [5.74, 6) is -0.309. The van der Waals surface area contributed by atoms with E-state index in [1.54, 1.807) is 42.5 Å². The van der Waals surface area contributed by atoms with Crippen LogP contribution in [-0.2, 0) is 0 Å². The average Bonchev–Trinajstić information content (AvgIpc) is 3.22. The van der Waals surface area contributed by atoms with Crippen LogP contribution >= 0.6 is 23.2 Å². The van der Waals surface area contributed by atoms with E-state index in [-0.39, 0.29) is 17.2 Å². The molecule has 8 nitrogen and oxygen atoms in total. The van der Waals surface area contributed by atoms with E-state index in [0.29, 0.717) is 27.1 Å². The number of nitrogens with zero attached hydrogens (tertiary/aromatic N) is 4. The van der Waals surface area contributed by atoms with Crippen molar-refractivity contribution in [2.45, 2.75) is 6.92 Å². The number of nitro benzene ring substituents is 1. The molecule has 0 unspecified atom stereocenters. The SMILES string of the molecule is Cc1c(Cl)cccc1-n1nc(C(=O)Nc2cccc([N+](=O)[O-])c2)nc1-c1ccc(Cl)cc1. The van der Waals surface area contributed by atoms with Crippen LogP contribution in [0.15, 0.2) is 66.7 Å². The molecule has 0 saturated carbocycles. The maximum absolute atomic E-state index is 12.9. The number of carbonyl (C=O) groups is 1. The third-order valence-corrected chi connectivity index (χ3v) is 5.36. The lowest BCUT2D eigenvalue weighted by atomic mass is 10.1. The molecular formula is C22H15Cl2N5O3. The van der Waals surface area contributed by atoms with Crippen molar-refractivity contribution in [1.82, 2.24) is 14.8 Å². The second-order valence-corrected chi connectivity index (χ2v) is 7.67. The number of non-ortho nitro benzene ring substituents is 1. The Hall–Kier alpha value is -3.75. The number of halogens is 2. The van der Waals surface area contributed by atoms with Crippen LogP contribution in [0.25, 0.3) is 17.1 Å². The zero-order chi connectivity index (χ0) is 22.8. The van der Waals surface area contributed by atoms with E-state index in [1.165, 1.54) is 22.9 Å². The molecular weight excluding hydrogens is 453 g/mol. The summed E-state index contributed by atoms with van der Waals surface area (Å²) in [5, 5.41) is 19.1. The van der Waals surface area contributed by atoms with Crippen molar-refractivity contribution in [1.29, 1.82) is 0 Å². The number of aromatic nitrogens is 3. The fourth-order valence-corrected chi connectivity index (χ4v) is 3.37. The Bertz CT molecular complexity index is 1340. The molecule has 160 valence electrons. The first-order valence-corrected chi connectivity index (χ1v) is 10.1. The van der Waals surface area contributed by atoms with Crippen molar-refractivity contribution in [3.63, 3.8) is 0 Å². The number of amides is 1. The number of carbonyl (C=O) groups excluding carboxylic acids is 1. The number of anilines is 1. The van der Waals surface area contributed by atoms with E-state index >= 15 is 0 Å². The lowest BCUT2D eigenvalue weighted by molar-refractivity contribution is -0.384. The van der Waals surface area contributed by atoms with E-state index in [1.807, 2.05) is 13.0 Å². The van der Waals surface area contributed by atoms with Crippen LogP contribution in [0.4, 0.5) is 11.4 Å². The minimum atomic E-state index is -0.612. The second-order valence-electron chi connectivity index (χ2n) is 6.82. The predicted octanol–water partition coefficient (Wildman–Crippen LogP) is 5.71. The van der Waals surface area contributed by atoms with Crippen LogP contribution < -0.4 is 5.32 Å². The third-order valence-electron chi connectivity index (χ3n) is 4.69. The van der Waals surface area contributed by atoms with Gasteiger partial charge in [0, 0.05) is 33.4 Å². The predicted molar refractivity (Wildman–Crippen MR) is 123 cm³/mol. The Labute approximate surface area is 192 Å². The Morgan fingerprint density at radius 3 is 2.50 bits per heavy atom. The summed E-state index contributed by atoms with van der Waals surface area (Å²) in [6.45, 7) is 1.84. The van der Waals surface area contributed by atoms with E-state index in [0.717, 1.165) is 5.56 Å². The Balaban J connectivity index is 1.77. The zero-order valence-electron chi connectivity index (χ0n) is 16.6. The topological polar surface area (TPSA) is 103 Å². The molecule has 32 heavy (non-hydrogen) atoms. The number of nitrogens with one attached hydrogen (secondary N) is 1. The number of benzene rings is 3. The summed E-state index contributed by atoms with van der Waals surface area (Å²) in [7, 11) is 0. The van der Waals surface area contributed by atoms with Gasteiger partial charge in [0.25, 0.3) is 11.6 Å². The molecule has 10 heteroatoms. The highest BCUT2D eigenvalue weighted by Gasteiger charge is 2.21. The maximum atomic E-state index is 12.9. The van der Waals surface area contributed by atoms with E-state index in [4.69, 9.17) is 23.2 Å². The molecule has 0 radical (unpaired) electrons. The molecule has 4 aromatic rings. The Morgan fingerprint density at radius 1 is 1.06 bits per heavy atom. The number of hydrogen-bond donors (Lipinski definition) is 1. The summed E-state index contributed by atoms with van der Waals surface area (Å²) in [4.78, 5) is 27.8. The van der Waals surface area contributed by atoms with Crippen LogP contribution in [-0.4, -0.2) is 25.6 Å². The van der Waals surface area contributed by atoms with Crippen molar-refractivity contribution in [3.8, 4) is 17.1 Å². The Morgan fingerprint density at radius 2 is 1.78 bits per heavy atom. The van der Waals surface area contributed by atoms with Crippen molar-refractivity contribution in [2.24, 2.45) is 0 Å². The van der Waals surface area contributed by atoms with Crippen LogP contribution in [0.3, 0.4) is 0 Å². The molecule has 0 saturated heterocycles. The van der Waals surface area contributed by atoms with Gasteiger partial charge < -0.3 is 5.32 Å².